The third kappa shape index (κ3) is 4.90. The van der Waals surface area contributed by atoms with Crippen molar-refractivity contribution in [3.8, 4) is 0 Å². The lowest BCUT2D eigenvalue weighted by Gasteiger charge is -2.46. The van der Waals surface area contributed by atoms with E-state index in [0.29, 0.717) is 18.2 Å². The molecule has 3 aliphatic rings. The van der Waals surface area contributed by atoms with Crippen LogP contribution in [0.15, 0.2) is 53.9 Å². The molecule has 2 aliphatic carbocycles. The highest BCUT2D eigenvalue weighted by atomic mass is 16.2. The van der Waals surface area contributed by atoms with Crippen LogP contribution in [0, 0.1) is 16.7 Å². The minimum Gasteiger partial charge on any atom is -0.403 e. The molecule has 2 atom stereocenters. The summed E-state index contributed by atoms with van der Waals surface area (Å²) in [6, 6.07) is 8.88. The predicted molar refractivity (Wildman–Crippen MR) is 129 cm³/mol. The second kappa shape index (κ2) is 9.44. The van der Waals surface area contributed by atoms with Crippen molar-refractivity contribution in [1.29, 1.82) is 5.41 Å². The number of rotatable bonds is 6. The molecule has 1 heterocycles. The Hall–Kier alpha value is -3.42. The number of hydrogen-bond donors (Lipinski definition) is 3. The number of nitrogens with two attached hydrogens (primary N) is 1. The molecule has 1 aliphatic heterocycles. The number of benzene rings is 1. The first-order valence-corrected chi connectivity index (χ1v) is 11.9. The van der Waals surface area contributed by atoms with E-state index in [1.165, 1.54) is 12.4 Å². The van der Waals surface area contributed by atoms with Crippen LogP contribution in [-0.4, -0.2) is 52.9 Å². The van der Waals surface area contributed by atoms with E-state index in [9.17, 15) is 14.4 Å². The van der Waals surface area contributed by atoms with Crippen molar-refractivity contribution in [1.82, 2.24) is 15.1 Å². The minimum absolute atomic E-state index is 0.121. The standard InChI is InChI=1S/C26H33N5O3/c1-17-15-31(24(33)23(32)29-21(14-28)12-20(13-27)18-8-9-18)22(19-6-4-3-5-7-19)16-30(17)25(34)26(2)10-11-26/h3-7,12-14,17-18,22,27H,8-11,15-16,28H2,1-2H3,(H,29,32)/b20-12+,21-14+,27-13?/t17-,22-/m1/s1. The molecule has 1 aromatic rings. The quantitative estimate of drug-likeness (QED) is 0.341. The van der Waals surface area contributed by atoms with Crippen LogP contribution in [0.4, 0.5) is 0 Å². The average Bonchev–Trinajstić information content (AvgIpc) is 3.78. The maximum atomic E-state index is 13.3. The Morgan fingerprint density at radius 2 is 1.79 bits per heavy atom. The molecule has 4 N–H and O–H groups in total. The minimum atomic E-state index is -0.782. The van der Waals surface area contributed by atoms with Gasteiger partial charge < -0.3 is 26.3 Å². The van der Waals surface area contributed by atoms with Crippen LogP contribution >= 0.6 is 0 Å². The van der Waals surface area contributed by atoms with Gasteiger partial charge in [0.25, 0.3) is 0 Å². The van der Waals surface area contributed by atoms with E-state index >= 15 is 0 Å². The van der Waals surface area contributed by atoms with Crippen LogP contribution in [0.3, 0.4) is 0 Å². The Balaban J connectivity index is 1.54. The Morgan fingerprint density at radius 3 is 2.35 bits per heavy atom. The van der Waals surface area contributed by atoms with Crippen molar-refractivity contribution in [2.45, 2.75) is 51.6 Å². The van der Waals surface area contributed by atoms with Gasteiger partial charge in [0.15, 0.2) is 0 Å². The zero-order valence-electron chi connectivity index (χ0n) is 19.8. The Kier molecular flexibility index (Phi) is 6.59. The maximum Gasteiger partial charge on any atom is 0.313 e. The highest BCUT2D eigenvalue weighted by molar-refractivity contribution is 6.35. The number of nitrogens with one attached hydrogen (secondary N) is 2. The van der Waals surface area contributed by atoms with Gasteiger partial charge in [-0.2, -0.15) is 0 Å². The molecule has 8 nitrogen and oxygen atoms in total. The molecular weight excluding hydrogens is 430 g/mol. The fourth-order valence-electron chi connectivity index (χ4n) is 4.51. The van der Waals surface area contributed by atoms with E-state index in [-0.39, 0.29) is 23.9 Å². The van der Waals surface area contributed by atoms with Crippen molar-refractivity contribution >= 4 is 23.9 Å². The molecule has 8 heteroatoms. The lowest BCUT2D eigenvalue weighted by atomic mass is 9.97. The lowest BCUT2D eigenvalue weighted by molar-refractivity contribution is -0.154. The van der Waals surface area contributed by atoms with Gasteiger partial charge in [0.2, 0.25) is 5.91 Å². The highest BCUT2D eigenvalue weighted by Gasteiger charge is 2.50. The molecule has 0 bridgehead atoms. The van der Waals surface area contributed by atoms with Crippen LogP contribution in [-0.2, 0) is 14.4 Å². The Bertz CT molecular complexity index is 1040. The number of hydrogen-bond acceptors (Lipinski definition) is 5. The Labute approximate surface area is 200 Å². The SMILES string of the molecule is C[C@@H]1CN(C(=O)C(=O)NC(/C=C(\C=N)C2CC2)=C/N)[C@@H](c2ccccc2)CN1C(=O)C1(C)CC1. The largest absolute Gasteiger partial charge is 0.403 e. The van der Waals surface area contributed by atoms with Crippen molar-refractivity contribution in [3.05, 3.63) is 59.4 Å². The number of piperazine rings is 1. The summed E-state index contributed by atoms with van der Waals surface area (Å²) in [6.45, 7) is 4.52. The van der Waals surface area contributed by atoms with Crippen LogP contribution in [0.2, 0.25) is 0 Å². The summed E-state index contributed by atoms with van der Waals surface area (Å²) in [5.41, 5.74) is 7.34. The molecule has 180 valence electrons. The molecule has 1 aromatic carbocycles. The predicted octanol–water partition coefficient (Wildman–Crippen LogP) is 2.49. The van der Waals surface area contributed by atoms with E-state index < -0.39 is 17.9 Å². The molecule has 34 heavy (non-hydrogen) atoms. The summed E-state index contributed by atoms with van der Waals surface area (Å²) in [5.74, 6) is -1.02. The van der Waals surface area contributed by atoms with E-state index in [1.807, 2.05) is 49.1 Å². The monoisotopic (exact) mass is 463 g/mol. The highest BCUT2D eigenvalue weighted by Crippen LogP contribution is 2.47. The van der Waals surface area contributed by atoms with Crippen molar-refractivity contribution < 1.29 is 14.4 Å². The number of carbonyl (C=O) groups is 3. The van der Waals surface area contributed by atoms with Gasteiger partial charge in [-0.05, 0) is 55.7 Å². The van der Waals surface area contributed by atoms with Crippen molar-refractivity contribution in [2.24, 2.45) is 17.1 Å². The van der Waals surface area contributed by atoms with Crippen LogP contribution < -0.4 is 11.1 Å². The Morgan fingerprint density at radius 1 is 1.12 bits per heavy atom. The van der Waals surface area contributed by atoms with Gasteiger partial charge in [0.05, 0.1) is 11.7 Å². The normalized spacial score (nSPS) is 24.4. The number of nitrogens with zero attached hydrogens (tertiary/aromatic N) is 2. The van der Waals surface area contributed by atoms with E-state index in [0.717, 1.165) is 36.8 Å². The first-order chi connectivity index (χ1) is 16.3. The number of amides is 3. The third-order valence-corrected chi connectivity index (χ3v) is 7.13. The van der Waals surface area contributed by atoms with E-state index in [2.05, 4.69) is 5.32 Å². The fraction of sp³-hybridized carbons (Fsp3) is 0.462. The molecule has 3 fully saturated rings. The fourth-order valence-corrected chi connectivity index (χ4v) is 4.51. The summed E-state index contributed by atoms with van der Waals surface area (Å²) >= 11 is 0. The summed E-state index contributed by atoms with van der Waals surface area (Å²) in [6.07, 6.45) is 7.93. The maximum absolute atomic E-state index is 13.3. The molecule has 4 rings (SSSR count). The third-order valence-electron chi connectivity index (χ3n) is 7.13. The molecular formula is C26H33N5O3. The second-order valence-electron chi connectivity index (χ2n) is 9.89. The van der Waals surface area contributed by atoms with Gasteiger partial charge in [-0.3, -0.25) is 14.4 Å². The molecule has 0 spiro atoms. The average molecular weight is 464 g/mol. The topological polar surface area (TPSA) is 120 Å². The summed E-state index contributed by atoms with van der Waals surface area (Å²) < 4.78 is 0. The first-order valence-electron chi connectivity index (χ1n) is 11.9. The van der Waals surface area contributed by atoms with Gasteiger partial charge in [-0.15, -0.1) is 0 Å². The van der Waals surface area contributed by atoms with Gasteiger partial charge in [0.1, 0.15) is 0 Å². The van der Waals surface area contributed by atoms with Crippen LogP contribution in [0.1, 0.15) is 51.1 Å². The van der Waals surface area contributed by atoms with Crippen LogP contribution in [0.5, 0.6) is 0 Å². The zero-order valence-corrected chi connectivity index (χ0v) is 19.8. The molecule has 0 radical (unpaired) electrons. The van der Waals surface area contributed by atoms with Gasteiger partial charge >= 0.3 is 11.8 Å². The second-order valence-corrected chi connectivity index (χ2v) is 9.89. The van der Waals surface area contributed by atoms with Crippen molar-refractivity contribution in [3.63, 3.8) is 0 Å². The van der Waals surface area contributed by atoms with Gasteiger partial charge in [-0.1, -0.05) is 37.3 Å². The van der Waals surface area contributed by atoms with Gasteiger partial charge in [0, 0.05) is 37.0 Å². The van der Waals surface area contributed by atoms with E-state index in [1.54, 1.807) is 11.0 Å². The summed E-state index contributed by atoms with van der Waals surface area (Å²) in [7, 11) is 0. The summed E-state index contributed by atoms with van der Waals surface area (Å²) in [4.78, 5) is 42.9. The zero-order chi connectivity index (χ0) is 24.5. The lowest BCUT2D eigenvalue weighted by Crippen LogP contribution is -2.59. The summed E-state index contributed by atoms with van der Waals surface area (Å²) in [5, 5.41) is 10.2. The molecule has 0 aromatic heterocycles. The molecule has 0 unspecified atom stereocenters. The molecule has 3 amide bonds. The number of carbonyl (C=O) groups excluding carboxylic acids is 3. The van der Waals surface area contributed by atoms with Gasteiger partial charge in [-0.25, -0.2) is 0 Å². The first kappa shape index (κ1) is 23.7. The molecule has 2 saturated carbocycles. The van der Waals surface area contributed by atoms with Crippen LogP contribution in [0.25, 0.3) is 0 Å². The van der Waals surface area contributed by atoms with E-state index in [4.69, 9.17) is 11.1 Å². The molecule has 1 saturated heterocycles. The number of allylic oxidation sites excluding steroid dienone is 2. The smallest absolute Gasteiger partial charge is 0.313 e. The van der Waals surface area contributed by atoms with Crippen molar-refractivity contribution in [2.75, 3.05) is 13.1 Å².